The molecule has 0 aliphatic carbocycles. The first-order valence-corrected chi connectivity index (χ1v) is 7.95. The Labute approximate surface area is 141 Å². The Bertz CT molecular complexity index is 502. The van der Waals surface area contributed by atoms with Crippen LogP contribution in [0.3, 0.4) is 0 Å². The molecule has 1 saturated heterocycles. The Hall–Kier alpha value is -1.26. The molecule has 1 aliphatic heterocycles. The number of hydrogen-bond acceptors (Lipinski definition) is 3. The molecular weight excluding hydrogens is 325 g/mol. The van der Waals surface area contributed by atoms with Gasteiger partial charge < -0.3 is 14.4 Å². The molecule has 0 N–H and O–H groups in total. The second kappa shape index (κ2) is 9.70. The molecule has 0 bridgehead atoms. The molecule has 0 spiro atoms. The fraction of sp³-hybridized carbons (Fsp3) is 0.500. The highest BCUT2D eigenvalue weighted by molar-refractivity contribution is 6.42. The third-order valence-corrected chi connectivity index (χ3v) is 4.05. The minimum Gasteiger partial charge on any atom is -0.497 e. The molecular formula is C16H21Cl2NO3. The van der Waals surface area contributed by atoms with Crippen molar-refractivity contribution in [2.24, 2.45) is 5.92 Å². The average molecular weight is 346 g/mol. The van der Waals surface area contributed by atoms with Gasteiger partial charge >= 0.3 is 0 Å². The second-order valence-corrected chi connectivity index (χ2v) is 6.00. The minimum absolute atomic E-state index is 0.127. The molecule has 1 aromatic rings. The molecule has 1 aromatic carbocycles. The average Bonchev–Trinajstić information content (AvgIpc) is 3.05. The predicted molar refractivity (Wildman–Crippen MR) is 88.7 cm³/mol. The van der Waals surface area contributed by atoms with Crippen LogP contribution in [0.1, 0.15) is 26.2 Å². The Morgan fingerprint density at radius 1 is 1.32 bits per heavy atom. The maximum atomic E-state index is 11.4. The number of ether oxygens (including phenoxy) is 1. The van der Waals surface area contributed by atoms with Gasteiger partial charge in [-0.05, 0) is 25.0 Å². The number of likely N-dealkylation sites (tertiary alicyclic amines) is 1. The van der Waals surface area contributed by atoms with Crippen LogP contribution in [0.25, 0.3) is 0 Å². The van der Waals surface area contributed by atoms with Crippen LogP contribution in [0.4, 0.5) is 0 Å². The lowest BCUT2D eigenvalue weighted by Gasteiger charge is -2.15. The number of methoxy groups -OCH3 is 1. The van der Waals surface area contributed by atoms with Crippen molar-refractivity contribution in [2.45, 2.75) is 26.2 Å². The van der Waals surface area contributed by atoms with Crippen LogP contribution in [0.5, 0.6) is 5.75 Å². The summed E-state index contributed by atoms with van der Waals surface area (Å²) < 4.78 is 4.91. The van der Waals surface area contributed by atoms with Crippen molar-refractivity contribution in [1.82, 2.24) is 4.90 Å². The highest BCUT2D eigenvalue weighted by atomic mass is 35.5. The lowest BCUT2D eigenvalue weighted by atomic mass is 10.1. The number of aldehydes is 1. The van der Waals surface area contributed by atoms with Crippen LogP contribution in [-0.2, 0) is 9.59 Å². The van der Waals surface area contributed by atoms with Crippen molar-refractivity contribution in [3.8, 4) is 5.75 Å². The molecule has 1 amide bonds. The number of nitrogens with zero attached hydrogens (tertiary/aromatic N) is 1. The van der Waals surface area contributed by atoms with E-state index in [9.17, 15) is 9.59 Å². The van der Waals surface area contributed by atoms with Gasteiger partial charge in [-0.1, -0.05) is 30.1 Å². The van der Waals surface area contributed by atoms with E-state index in [0.717, 1.165) is 38.0 Å². The van der Waals surface area contributed by atoms with E-state index in [1.54, 1.807) is 32.2 Å². The number of carbonyl (C=O) groups excluding carboxylic acids is 2. The van der Waals surface area contributed by atoms with E-state index >= 15 is 0 Å². The predicted octanol–water partition coefficient (Wildman–Crippen LogP) is 3.84. The number of benzene rings is 1. The monoisotopic (exact) mass is 345 g/mol. The van der Waals surface area contributed by atoms with Gasteiger partial charge in [0, 0.05) is 31.5 Å². The molecule has 122 valence electrons. The molecule has 1 aliphatic rings. The molecule has 6 heteroatoms. The highest BCUT2D eigenvalue weighted by Gasteiger charge is 2.19. The van der Waals surface area contributed by atoms with E-state index in [2.05, 4.69) is 0 Å². The van der Waals surface area contributed by atoms with Gasteiger partial charge in [-0.3, -0.25) is 4.79 Å². The normalized spacial score (nSPS) is 14.8. The van der Waals surface area contributed by atoms with Crippen LogP contribution in [-0.4, -0.2) is 37.3 Å². The van der Waals surface area contributed by atoms with E-state index in [1.165, 1.54) is 0 Å². The van der Waals surface area contributed by atoms with Crippen LogP contribution < -0.4 is 4.74 Å². The minimum atomic E-state index is -0.127. The zero-order valence-electron chi connectivity index (χ0n) is 12.9. The fourth-order valence-electron chi connectivity index (χ4n) is 2.02. The van der Waals surface area contributed by atoms with E-state index in [-0.39, 0.29) is 11.8 Å². The fourth-order valence-corrected chi connectivity index (χ4v) is 2.31. The Morgan fingerprint density at radius 3 is 2.45 bits per heavy atom. The van der Waals surface area contributed by atoms with E-state index in [1.807, 2.05) is 4.90 Å². The number of hydrogen-bond donors (Lipinski definition) is 0. The van der Waals surface area contributed by atoms with Gasteiger partial charge in [0.2, 0.25) is 5.91 Å². The Balaban J connectivity index is 0.000000224. The topological polar surface area (TPSA) is 46.6 Å². The number of halogens is 2. The maximum Gasteiger partial charge on any atom is 0.223 e. The Morgan fingerprint density at radius 2 is 1.95 bits per heavy atom. The summed E-state index contributed by atoms with van der Waals surface area (Å²) in [6, 6.07) is 5.13. The van der Waals surface area contributed by atoms with Gasteiger partial charge in [0.05, 0.1) is 17.2 Å². The van der Waals surface area contributed by atoms with Crippen molar-refractivity contribution in [2.75, 3.05) is 20.2 Å². The quantitative estimate of drug-likeness (QED) is 0.779. The SMILES string of the molecule is CC(C=O)CC(=O)N1CCCC1.COc1ccc(Cl)c(Cl)c1. The molecule has 1 atom stereocenters. The zero-order valence-corrected chi connectivity index (χ0v) is 14.4. The van der Waals surface area contributed by atoms with Crippen molar-refractivity contribution in [1.29, 1.82) is 0 Å². The summed E-state index contributed by atoms with van der Waals surface area (Å²) in [5.74, 6) is 0.722. The second-order valence-electron chi connectivity index (χ2n) is 5.19. The summed E-state index contributed by atoms with van der Waals surface area (Å²) in [4.78, 5) is 23.5. The Kier molecular flexibility index (Phi) is 8.28. The highest BCUT2D eigenvalue weighted by Crippen LogP contribution is 2.25. The molecule has 1 unspecified atom stereocenters. The molecule has 1 heterocycles. The summed E-state index contributed by atoms with van der Waals surface area (Å²) in [6.45, 7) is 3.54. The third-order valence-electron chi connectivity index (χ3n) is 3.31. The molecule has 1 fully saturated rings. The largest absolute Gasteiger partial charge is 0.497 e. The van der Waals surface area contributed by atoms with Crippen molar-refractivity contribution in [3.63, 3.8) is 0 Å². The molecule has 22 heavy (non-hydrogen) atoms. The van der Waals surface area contributed by atoms with Gasteiger partial charge in [-0.15, -0.1) is 0 Å². The lowest BCUT2D eigenvalue weighted by Crippen LogP contribution is -2.29. The van der Waals surface area contributed by atoms with Crippen molar-refractivity contribution < 1.29 is 14.3 Å². The van der Waals surface area contributed by atoms with Crippen LogP contribution in [0.2, 0.25) is 10.0 Å². The first-order chi connectivity index (χ1) is 10.5. The van der Waals surface area contributed by atoms with E-state index in [4.69, 9.17) is 27.9 Å². The van der Waals surface area contributed by atoms with Gasteiger partial charge in [0.25, 0.3) is 0 Å². The summed E-state index contributed by atoms with van der Waals surface area (Å²) >= 11 is 11.3. The molecule has 0 radical (unpaired) electrons. The summed E-state index contributed by atoms with van der Waals surface area (Å²) in [5.41, 5.74) is 0. The molecule has 4 nitrogen and oxygen atoms in total. The lowest BCUT2D eigenvalue weighted by molar-refractivity contribution is -0.132. The van der Waals surface area contributed by atoms with Crippen molar-refractivity contribution in [3.05, 3.63) is 28.2 Å². The standard InChI is InChI=1S/C9H15NO2.C7H6Cl2O/c1-8(7-11)6-9(12)10-4-2-3-5-10;1-10-5-2-3-6(8)7(9)4-5/h7-8H,2-6H2,1H3;2-4H,1H3. The maximum absolute atomic E-state index is 11.4. The van der Waals surface area contributed by atoms with Gasteiger partial charge in [-0.25, -0.2) is 0 Å². The summed E-state index contributed by atoms with van der Waals surface area (Å²) in [5, 5.41) is 1.06. The molecule has 0 aromatic heterocycles. The van der Waals surface area contributed by atoms with E-state index in [0.29, 0.717) is 16.5 Å². The molecule has 0 saturated carbocycles. The van der Waals surface area contributed by atoms with Crippen molar-refractivity contribution >= 4 is 35.4 Å². The number of carbonyl (C=O) groups is 2. The van der Waals surface area contributed by atoms with Gasteiger partial charge in [0.1, 0.15) is 12.0 Å². The van der Waals surface area contributed by atoms with Crippen LogP contribution in [0, 0.1) is 5.92 Å². The van der Waals surface area contributed by atoms with Gasteiger partial charge in [0.15, 0.2) is 0 Å². The first kappa shape index (κ1) is 18.8. The van der Waals surface area contributed by atoms with Gasteiger partial charge in [-0.2, -0.15) is 0 Å². The third kappa shape index (κ3) is 6.24. The number of amides is 1. The molecule has 2 rings (SSSR count). The van der Waals surface area contributed by atoms with Crippen LogP contribution in [0.15, 0.2) is 18.2 Å². The summed E-state index contributed by atoms with van der Waals surface area (Å²) in [6.07, 6.45) is 3.44. The smallest absolute Gasteiger partial charge is 0.223 e. The zero-order chi connectivity index (χ0) is 16.5. The van der Waals surface area contributed by atoms with Crippen LogP contribution >= 0.6 is 23.2 Å². The summed E-state index contributed by atoms with van der Waals surface area (Å²) in [7, 11) is 1.58. The first-order valence-electron chi connectivity index (χ1n) is 7.20. The number of rotatable bonds is 4. The van der Waals surface area contributed by atoms with E-state index < -0.39 is 0 Å².